The van der Waals surface area contributed by atoms with Crippen molar-refractivity contribution in [1.29, 1.82) is 0 Å². The summed E-state index contributed by atoms with van der Waals surface area (Å²) in [7, 11) is 0. The summed E-state index contributed by atoms with van der Waals surface area (Å²) in [6.45, 7) is 6.10. The highest BCUT2D eigenvalue weighted by Crippen LogP contribution is 2.31. The predicted octanol–water partition coefficient (Wildman–Crippen LogP) is 4.53. The number of carboxylic acids is 1. The van der Waals surface area contributed by atoms with Gasteiger partial charge in [0.2, 0.25) is 0 Å². The summed E-state index contributed by atoms with van der Waals surface area (Å²) < 4.78 is 0.887. The highest BCUT2D eigenvalue weighted by molar-refractivity contribution is 9.10. The average molecular weight is 328 g/mol. The Morgan fingerprint density at radius 2 is 2.05 bits per heavy atom. The fourth-order valence-electron chi connectivity index (χ4n) is 2.14. The second kappa shape index (κ2) is 6.94. The summed E-state index contributed by atoms with van der Waals surface area (Å²) in [5.74, 6) is -0.419. The zero-order valence-corrected chi connectivity index (χ0v) is 13.3. The number of carboxylic acid groups (broad SMARTS) is 1. The quantitative estimate of drug-likeness (QED) is 0.773. The lowest BCUT2D eigenvalue weighted by atomic mass is 9.84. The molecule has 0 radical (unpaired) electrons. The maximum absolute atomic E-state index is 11.7. The van der Waals surface area contributed by atoms with Crippen molar-refractivity contribution >= 4 is 27.6 Å². The van der Waals surface area contributed by atoms with Gasteiger partial charge in [0.05, 0.1) is 0 Å². The van der Waals surface area contributed by atoms with Gasteiger partial charge in [-0.1, -0.05) is 39.3 Å². The first-order valence-electron chi connectivity index (χ1n) is 6.71. The minimum atomic E-state index is -0.903. The van der Waals surface area contributed by atoms with Crippen LogP contribution in [0.15, 0.2) is 28.7 Å². The number of benzene rings is 1. The van der Waals surface area contributed by atoms with Crippen molar-refractivity contribution in [3.63, 3.8) is 0 Å². The Balaban J connectivity index is 3.04. The summed E-state index contributed by atoms with van der Waals surface area (Å²) in [6.07, 6.45) is 2.15. The molecule has 2 N–H and O–H groups in total. The standard InChI is InChI=1S/C15H22BrNO2/c1-4-11(3)10-15(5-2,14(18)19)17-13-9-7-6-8-12(13)16/h6-9,11,17H,4-5,10H2,1-3H3,(H,18,19). The molecule has 3 nitrogen and oxygen atoms in total. The van der Waals surface area contributed by atoms with E-state index in [0.29, 0.717) is 18.8 Å². The van der Waals surface area contributed by atoms with Crippen molar-refractivity contribution in [1.82, 2.24) is 0 Å². The van der Waals surface area contributed by atoms with Gasteiger partial charge in [-0.3, -0.25) is 0 Å². The van der Waals surface area contributed by atoms with Crippen molar-refractivity contribution in [3.05, 3.63) is 28.7 Å². The smallest absolute Gasteiger partial charge is 0.329 e. The molecule has 0 aliphatic rings. The number of hydrogen-bond acceptors (Lipinski definition) is 2. The maximum atomic E-state index is 11.7. The van der Waals surface area contributed by atoms with E-state index in [-0.39, 0.29) is 0 Å². The van der Waals surface area contributed by atoms with Crippen LogP contribution in [0.25, 0.3) is 0 Å². The van der Waals surface area contributed by atoms with E-state index >= 15 is 0 Å². The van der Waals surface area contributed by atoms with Gasteiger partial charge < -0.3 is 10.4 Å². The minimum absolute atomic E-state index is 0.367. The molecule has 0 saturated carbocycles. The average Bonchev–Trinajstić information content (AvgIpc) is 2.39. The highest BCUT2D eigenvalue weighted by Gasteiger charge is 2.38. The lowest BCUT2D eigenvalue weighted by molar-refractivity contribution is -0.143. The van der Waals surface area contributed by atoms with E-state index in [1.165, 1.54) is 0 Å². The number of anilines is 1. The van der Waals surface area contributed by atoms with E-state index < -0.39 is 11.5 Å². The Kier molecular flexibility index (Phi) is 5.85. The van der Waals surface area contributed by atoms with E-state index in [0.717, 1.165) is 16.6 Å². The Hall–Kier alpha value is -1.03. The fraction of sp³-hybridized carbons (Fsp3) is 0.533. The van der Waals surface area contributed by atoms with Gasteiger partial charge in [0.25, 0.3) is 0 Å². The molecule has 19 heavy (non-hydrogen) atoms. The predicted molar refractivity (Wildman–Crippen MR) is 82.5 cm³/mol. The summed E-state index contributed by atoms with van der Waals surface area (Å²) in [4.78, 5) is 11.7. The largest absolute Gasteiger partial charge is 0.480 e. The van der Waals surface area contributed by atoms with Gasteiger partial charge >= 0.3 is 5.97 Å². The molecule has 0 amide bonds. The molecule has 0 heterocycles. The van der Waals surface area contributed by atoms with Crippen LogP contribution < -0.4 is 5.32 Å². The topological polar surface area (TPSA) is 49.3 Å². The lowest BCUT2D eigenvalue weighted by Gasteiger charge is -2.33. The molecule has 0 aromatic heterocycles. The molecule has 1 aromatic rings. The van der Waals surface area contributed by atoms with Crippen LogP contribution in [0.2, 0.25) is 0 Å². The number of hydrogen-bond donors (Lipinski definition) is 2. The highest BCUT2D eigenvalue weighted by atomic mass is 79.9. The molecule has 106 valence electrons. The van der Waals surface area contributed by atoms with Crippen LogP contribution in [0.3, 0.4) is 0 Å². The number of halogens is 1. The van der Waals surface area contributed by atoms with Gasteiger partial charge in [0, 0.05) is 10.2 Å². The van der Waals surface area contributed by atoms with Crippen LogP contribution in [0, 0.1) is 5.92 Å². The monoisotopic (exact) mass is 327 g/mol. The summed E-state index contributed by atoms with van der Waals surface area (Å²) in [5, 5.41) is 12.9. The Morgan fingerprint density at radius 1 is 1.42 bits per heavy atom. The number of aliphatic carboxylic acids is 1. The van der Waals surface area contributed by atoms with Gasteiger partial charge in [-0.2, -0.15) is 0 Å². The van der Waals surface area contributed by atoms with Gasteiger partial charge in [-0.05, 0) is 46.8 Å². The zero-order valence-electron chi connectivity index (χ0n) is 11.7. The third-order valence-electron chi connectivity index (χ3n) is 3.65. The lowest BCUT2D eigenvalue weighted by Crippen LogP contribution is -2.47. The number of nitrogens with one attached hydrogen (secondary N) is 1. The molecule has 0 aliphatic carbocycles. The van der Waals surface area contributed by atoms with Crippen molar-refractivity contribution in [2.75, 3.05) is 5.32 Å². The second-order valence-corrected chi connectivity index (χ2v) is 5.92. The molecule has 0 bridgehead atoms. The first-order chi connectivity index (χ1) is 8.95. The van der Waals surface area contributed by atoms with Crippen molar-refractivity contribution in [3.8, 4) is 0 Å². The first-order valence-corrected chi connectivity index (χ1v) is 7.50. The summed E-state index contributed by atoms with van der Waals surface area (Å²) >= 11 is 3.46. The molecule has 2 unspecified atom stereocenters. The SMILES string of the molecule is CCC(C)CC(CC)(Nc1ccccc1Br)C(=O)O. The van der Waals surface area contributed by atoms with Crippen molar-refractivity contribution in [2.24, 2.45) is 5.92 Å². The van der Waals surface area contributed by atoms with Crippen LogP contribution in [0.4, 0.5) is 5.69 Å². The van der Waals surface area contributed by atoms with Gasteiger partial charge in [-0.15, -0.1) is 0 Å². The normalized spacial score (nSPS) is 15.6. The van der Waals surface area contributed by atoms with Gasteiger partial charge in [0.1, 0.15) is 5.54 Å². The molecular formula is C15H22BrNO2. The van der Waals surface area contributed by atoms with Crippen LogP contribution >= 0.6 is 15.9 Å². The Morgan fingerprint density at radius 3 is 2.53 bits per heavy atom. The molecule has 1 rings (SSSR count). The molecule has 0 spiro atoms. The maximum Gasteiger partial charge on any atom is 0.329 e. The Bertz CT molecular complexity index is 436. The fourth-order valence-corrected chi connectivity index (χ4v) is 2.52. The number of para-hydroxylation sites is 1. The van der Waals surface area contributed by atoms with E-state index in [1.54, 1.807) is 0 Å². The third-order valence-corrected chi connectivity index (χ3v) is 4.35. The van der Waals surface area contributed by atoms with Crippen LogP contribution in [-0.2, 0) is 4.79 Å². The molecule has 2 atom stereocenters. The number of carbonyl (C=O) groups is 1. The van der Waals surface area contributed by atoms with E-state index in [2.05, 4.69) is 35.1 Å². The Labute approximate surface area is 123 Å². The van der Waals surface area contributed by atoms with Gasteiger partial charge in [-0.25, -0.2) is 4.79 Å². The summed E-state index contributed by atoms with van der Waals surface area (Å²) in [6, 6.07) is 7.62. The van der Waals surface area contributed by atoms with E-state index in [1.807, 2.05) is 31.2 Å². The molecular weight excluding hydrogens is 306 g/mol. The van der Waals surface area contributed by atoms with Crippen LogP contribution in [0.5, 0.6) is 0 Å². The zero-order chi connectivity index (χ0) is 14.5. The molecule has 4 heteroatoms. The van der Waals surface area contributed by atoms with E-state index in [9.17, 15) is 9.90 Å². The summed E-state index contributed by atoms with van der Waals surface area (Å²) in [5.41, 5.74) is -0.0747. The minimum Gasteiger partial charge on any atom is -0.480 e. The molecule has 1 aromatic carbocycles. The molecule has 0 fully saturated rings. The molecule has 0 aliphatic heterocycles. The third kappa shape index (κ3) is 3.96. The molecule has 0 saturated heterocycles. The van der Waals surface area contributed by atoms with Crippen LogP contribution in [-0.4, -0.2) is 16.6 Å². The van der Waals surface area contributed by atoms with Crippen LogP contribution in [0.1, 0.15) is 40.0 Å². The van der Waals surface area contributed by atoms with Gasteiger partial charge in [0.15, 0.2) is 0 Å². The van der Waals surface area contributed by atoms with E-state index in [4.69, 9.17) is 0 Å². The van der Waals surface area contributed by atoms with Crippen molar-refractivity contribution in [2.45, 2.75) is 45.6 Å². The van der Waals surface area contributed by atoms with Crippen molar-refractivity contribution < 1.29 is 9.90 Å². The number of rotatable bonds is 7. The second-order valence-electron chi connectivity index (χ2n) is 5.06. The first kappa shape index (κ1) is 16.0.